The van der Waals surface area contributed by atoms with Gasteiger partial charge in [0.2, 0.25) is 0 Å². The molecule has 0 saturated carbocycles. The molecule has 0 aromatic carbocycles. The third kappa shape index (κ3) is 4.35. The fourth-order valence-electron chi connectivity index (χ4n) is 1.69. The van der Waals surface area contributed by atoms with Crippen molar-refractivity contribution in [3.8, 4) is 0 Å². The molecule has 0 fully saturated rings. The van der Waals surface area contributed by atoms with Gasteiger partial charge in [0.25, 0.3) is 5.91 Å². The normalized spacial score (nSPS) is 12.6. The Balaban J connectivity index is 2.90. The van der Waals surface area contributed by atoms with E-state index in [0.717, 1.165) is 0 Å². The number of hydrogen-bond donors (Lipinski definition) is 1. The van der Waals surface area contributed by atoms with Gasteiger partial charge in [-0.15, -0.1) is 0 Å². The number of rotatable bonds is 4. The minimum atomic E-state index is -0.928. The van der Waals surface area contributed by atoms with E-state index in [4.69, 9.17) is 4.52 Å². The van der Waals surface area contributed by atoms with E-state index >= 15 is 0 Å². The molecule has 0 aliphatic heterocycles. The van der Waals surface area contributed by atoms with Crippen molar-refractivity contribution in [2.75, 3.05) is 13.1 Å². The van der Waals surface area contributed by atoms with Crippen molar-refractivity contribution in [3.05, 3.63) is 17.5 Å². The van der Waals surface area contributed by atoms with Crippen LogP contribution in [0.4, 0.5) is 0 Å². The van der Waals surface area contributed by atoms with Gasteiger partial charge < -0.3 is 14.5 Å². The lowest BCUT2D eigenvalue weighted by molar-refractivity contribution is 0.0309. The Morgan fingerprint density at radius 2 is 1.95 bits per heavy atom. The monoisotopic (exact) mass is 268 g/mol. The van der Waals surface area contributed by atoms with E-state index in [-0.39, 0.29) is 23.6 Å². The fraction of sp³-hybridized carbons (Fsp3) is 0.714. The average Bonchev–Trinajstić information content (AvgIpc) is 2.72. The second-order valence-electron chi connectivity index (χ2n) is 6.46. The van der Waals surface area contributed by atoms with Crippen molar-refractivity contribution in [2.45, 2.75) is 52.6 Å². The lowest BCUT2D eigenvalue weighted by Crippen LogP contribution is -2.42. The maximum absolute atomic E-state index is 12.3. The van der Waals surface area contributed by atoms with Gasteiger partial charge in [-0.25, -0.2) is 0 Å². The Hall–Kier alpha value is -1.36. The second kappa shape index (κ2) is 5.33. The summed E-state index contributed by atoms with van der Waals surface area (Å²) in [6.45, 7) is 12.0. The lowest BCUT2D eigenvalue weighted by atomic mass is 9.93. The van der Waals surface area contributed by atoms with Crippen LogP contribution >= 0.6 is 0 Å². The van der Waals surface area contributed by atoms with E-state index in [1.54, 1.807) is 24.8 Å². The molecular formula is C14H24N2O3. The molecule has 1 rings (SSSR count). The number of aliphatic hydroxyl groups is 1. The molecule has 5 nitrogen and oxygen atoms in total. The zero-order valence-corrected chi connectivity index (χ0v) is 12.6. The molecule has 19 heavy (non-hydrogen) atoms. The molecule has 1 amide bonds. The summed E-state index contributed by atoms with van der Waals surface area (Å²) in [5, 5.41) is 13.6. The minimum absolute atomic E-state index is 0.182. The largest absolute Gasteiger partial charge is 0.389 e. The Morgan fingerprint density at radius 3 is 2.32 bits per heavy atom. The van der Waals surface area contributed by atoms with Crippen molar-refractivity contribution in [2.24, 2.45) is 0 Å². The van der Waals surface area contributed by atoms with Gasteiger partial charge in [0.15, 0.2) is 5.69 Å². The van der Waals surface area contributed by atoms with Crippen LogP contribution in [-0.2, 0) is 5.41 Å². The summed E-state index contributed by atoms with van der Waals surface area (Å²) in [4.78, 5) is 13.8. The molecule has 0 unspecified atom stereocenters. The summed E-state index contributed by atoms with van der Waals surface area (Å²) in [7, 11) is 0. The molecule has 1 aromatic heterocycles. The van der Waals surface area contributed by atoms with Crippen LogP contribution in [0.3, 0.4) is 0 Å². The number of nitrogens with zero attached hydrogens (tertiary/aromatic N) is 2. The summed E-state index contributed by atoms with van der Waals surface area (Å²) in [5.74, 6) is 0.457. The van der Waals surface area contributed by atoms with Crippen LogP contribution in [0.1, 0.15) is 57.8 Å². The van der Waals surface area contributed by atoms with Gasteiger partial charge in [-0.2, -0.15) is 0 Å². The first kappa shape index (κ1) is 15.7. The first-order chi connectivity index (χ1) is 8.54. The van der Waals surface area contributed by atoms with E-state index in [2.05, 4.69) is 5.16 Å². The number of carbonyl (C=O) groups is 1. The summed E-state index contributed by atoms with van der Waals surface area (Å²) in [6.07, 6.45) is 0. The first-order valence-corrected chi connectivity index (χ1v) is 6.53. The summed E-state index contributed by atoms with van der Waals surface area (Å²) >= 11 is 0. The van der Waals surface area contributed by atoms with E-state index in [1.165, 1.54) is 0 Å². The van der Waals surface area contributed by atoms with Gasteiger partial charge in [-0.1, -0.05) is 25.9 Å². The SMILES string of the molecule is CCN(CC(C)(C)O)C(=O)c1cc(C(C)(C)C)on1. The van der Waals surface area contributed by atoms with Crippen LogP contribution < -0.4 is 0 Å². The van der Waals surface area contributed by atoms with Crippen LogP contribution in [0.25, 0.3) is 0 Å². The summed E-state index contributed by atoms with van der Waals surface area (Å²) < 4.78 is 5.21. The molecule has 0 radical (unpaired) electrons. The molecule has 0 atom stereocenters. The van der Waals surface area contributed by atoms with Gasteiger partial charge >= 0.3 is 0 Å². The maximum atomic E-state index is 12.3. The summed E-state index contributed by atoms with van der Waals surface area (Å²) in [5.41, 5.74) is -0.822. The number of hydrogen-bond acceptors (Lipinski definition) is 4. The molecule has 108 valence electrons. The van der Waals surface area contributed by atoms with Gasteiger partial charge in [-0.05, 0) is 20.8 Å². The average molecular weight is 268 g/mol. The predicted octanol–water partition coefficient (Wildman–Crippen LogP) is 2.21. The number of carbonyl (C=O) groups excluding carboxylic acids is 1. The molecule has 0 bridgehead atoms. The smallest absolute Gasteiger partial charge is 0.276 e. The highest BCUT2D eigenvalue weighted by Crippen LogP contribution is 2.23. The summed E-state index contributed by atoms with van der Waals surface area (Å²) in [6, 6.07) is 1.68. The van der Waals surface area contributed by atoms with Gasteiger partial charge in [0, 0.05) is 24.6 Å². The van der Waals surface area contributed by atoms with Crippen molar-refractivity contribution in [1.82, 2.24) is 10.1 Å². The standard InChI is InChI=1S/C14H24N2O3/c1-7-16(9-14(5,6)18)12(17)10-8-11(19-15-10)13(2,3)4/h8,18H,7,9H2,1-6H3. The third-order valence-electron chi connectivity index (χ3n) is 2.72. The highest BCUT2D eigenvalue weighted by Gasteiger charge is 2.27. The fourth-order valence-corrected chi connectivity index (χ4v) is 1.69. The Bertz CT molecular complexity index is 438. The number of likely N-dealkylation sites (N-methyl/N-ethyl adjacent to an activating group) is 1. The number of amides is 1. The molecule has 5 heteroatoms. The quantitative estimate of drug-likeness (QED) is 0.909. The van der Waals surface area contributed by atoms with Crippen LogP contribution in [0.5, 0.6) is 0 Å². The van der Waals surface area contributed by atoms with Crippen molar-refractivity contribution in [3.63, 3.8) is 0 Å². The zero-order valence-electron chi connectivity index (χ0n) is 12.6. The highest BCUT2D eigenvalue weighted by molar-refractivity contribution is 5.92. The van der Waals surface area contributed by atoms with Crippen LogP contribution in [0.15, 0.2) is 10.6 Å². The molecule has 1 aromatic rings. The van der Waals surface area contributed by atoms with Crippen LogP contribution in [-0.4, -0.2) is 39.8 Å². The zero-order chi connectivity index (χ0) is 14.8. The third-order valence-corrected chi connectivity index (χ3v) is 2.72. The molecule has 0 saturated heterocycles. The van der Waals surface area contributed by atoms with E-state index < -0.39 is 5.60 Å². The van der Waals surface area contributed by atoms with Crippen LogP contribution in [0.2, 0.25) is 0 Å². The molecule has 0 aliphatic rings. The molecular weight excluding hydrogens is 244 g/mol. The topological polar surface area (TPSA) is 66.6 Å². The lowest BCUT2D eigenvalue weighted by Gasteiger charge is -2.27. The van der Waals surface area contributed by atoms with Crippen molar-refractivity contribution in [1.29, 1.82) is 0 Å². The van der Waals surface area contributed by atoms with Crippen molar-refractivity contribution >= 4 is 5.91 Å². The highest BCUT2D eigenvalue weighted by atomic mass is 16.5. The van der Waals surface area contributed by atoms with E-state index in [9.17, 15) is 9.90 Å². The minimum Gasteiger partial charge on any atom is -0.389 e. The van der Waals surface area contributed by atoms with Crippen molar-refractivity contribution < 1.29 is 14.4 Å². The first-order valence-electron chi connectivity index (χ1n) is 6.53. The van der Waals surface area contributed by atoms with Gasteiger partial charge in [0.05, 0.1) is 5.60 Å². The van der Waals surface area contributed by atoms with Crippen LogP contribution in [0, 0.1) is 0 Å². The van der Waals surface area contributed by atoms with E-state index in [0.29, 0.717) is 12.3 Å². The van der Waals surface area contributed by atoms with Gasteiger partial charge in [-0.3, -0.25) is 4.79 Å². The Morgan fingerprint density at radius 1 is 1.37 bits per heavy atom. The molecule has 0 spiro atoms. The predicted molar refractivity (Wildman–Crippen MR) is 73.1 cm³/mol. The van der Waals surface area contributed by atoms with Gasteiger partial charge in [0.1, 0.15) is 5.76 Å². The second-order valence-corrected chi connectivity index (χ2v) is 6.46. The molecule has 0 aliphatic carbocycles. The maximum Gasteiger partial charge on any atom is 0.276 e. The molecule has 1 N–H and O–H groups in total. The molecule has 1 heterocycles. The Kier molecular flexibility index (Phi) is 4.40. The number of aromatic nitrogens is 1. The van der Waals surface area contributed by atoms with E-state index in [1.807, 2.05) is 27.7 Å². The Labute approximate surface area is 114 Å².